The van der Waals surface area contributed by atoms with Gasteiger partial charge in [-0.3, -0.25) is 4.98 Å². The van der Waals surface area contributed by atoms with Crippen molar-refractivity contribution in [2.75, 3.05) is 12.4 Å². The van der Waals surface area contributed by atoms with Crippen molar-refractivity contribution < 1.29 is 9.53 Å². The lowest BCUT2D eigenvalue weighted by Crippen LogP contribution is -2.31. The second-order valence-electron chi connectivity index (χ2n) is 6.59. The molecule has 2 amide bonds. The minimum Gasteiger partial charge on any atom is -0.490 e. The minimum absolute atomic E-state index is 0.141. The summed E-state index contributed by atoms with van der Waals surface area (Å²) in [6.45, 7) is 2.52. The zero-order valence-electron chi connectivity index (χ0n) is 14.9. The number of nitrogens with one attached hydrogen (secondary N) is 1. The molecule has 2 aromatic rings. The van der Waals surface area contributed by atoms with Crippen LogP contribution in [-0.2, 0) is 6.54 Å². The molecule has 1 saturated carbocycles. The van der Waals surface area contributed by atoms with Crippen molar-refractivity contribution in [2.45, 2.75) is 45.3 Å². The van der Waals surface area contributed by atoms with Crippen molar-refractivity contribution in [2.24, 2.45) is 0 Å². The molecule has 5 heteroatoms. The molecule has 1 heterocycles. The summed E-state index contributed by atoms with van der Waals surface area (Å²) < 4.78 is 6.11. The monoisotopic (exact) mass is 339 g/mol. The van der Waals surface area contributed by atoms with Gasteiger partial charge in [-0.1, -0.05) is 6.07 Å². The van der Waals surface area contributed by atoms with Crippen molar-refractivity contribution in [3.63, 3.8) is 0 Å². The predicted octanol–water partition coefficient (Wildman–Crippen LogP) is 4.38. The van der Waals surface area contributed by atoms with Crippen LogP contribution < -0.4 is 10.1 Å². The van der Waals surface area contributed by atoms with Crippen molar-refractivity contribution in [1.82, 2.24) is 9.88 Å². The van der Waals surface area contributed by atoms with Gasteiger partial charge in [-0.05, 0) is 62.4 Å². The third-order valence-electron chi connectivity index (χ3n) is 4.64. The summed E-state index contributed by atoms with van der Waals surface area (Å²) in [7, 11) is 1.78. The quantitative estimate of drug-likeness (QED) is 0.880. The molecule has 0 unspecified atom stereocenters. The number of hydrogen-bond acceptors (Lipinski definition) is 3. The van der Waals surface area contributed by atoms with Crippen LogP contribution in [-0.4, -0.2) is 29.1 Å². The summed E-state index contributed by atoms with van der Waals surface area (Å²) in [6.07, 6.45) is 8.47. The smallest absolute Gasteiger partial charge is 0.321 e. The zero-order chi connectivity index (χ0) is 17.6. The van der Waals surface area contributed by atoms with Crippen LogP contribution in [0.1, 0.15) is 36.8 Å². The minimum atomic E-state index is -0.141. The van der Waals surface area contributed by atoms with E-state index in [1.807, 2.05) is 37.3 Å². The van der Waals surface area contributed by atoms with Crippen LogP contribution in [0, 0.1) is 6.92 Å². The highest BCUT2D eigenvalue weighted by Gasteiger charge is 2.18. The summed E-state index contributed by atoms with van der Waals surface area (Å²) in [5.41, 5.74) is 2.81. The van der Waals surface area contributed by atoms with Crippen LogP contribution in [0.2, 0.25) is 0 Å². The number of ether oxygens (including phenoxy) is 1. The van der Waals surface area contributed by atoms with Crippen LogP contribution in [0.25, 0.3) is 0 Å². The maximum absolute atomic E-state index is 12.5. The number of hydrogen-bond donors (Lipinski definition) is 1. The van der Waals surface area contributed by atoms with E-state index < -0.39 is 0 Å². The second-order valence-corrected chi connectivity index (χ2v) is 6.59. The van der Waals surface area contributed by atoms with Gasteiger partial charge in [-0.25, -0.2) is 4.79 Å². The fourth-order valence-corrected chi connectivity index (χ4v) is 3.11. The summed E-state index contributed by atoms with van der Waals surface area (Å²) in [5.74, 6) is 0.862. The van der Waals surface area contributed by atoms with E-state index in [-0.39, 0.29) is 6.03 Å². The molecule has 1 fully saturated rings. The zero-order valence-corrected chi connectivity index (χ0v) is 14.9. The number of carbonyl (C=O) groups excluding carboxylic acids is 1. The number of rotatable bonds is 5. The molecule has 5 nitrogen and oxygen atoms in total. The fourth-order valence-electron chi connectivity index (χ4n) is 3.11. The normalized spacial score (nSPS) is 14.3. The lowest BCUT2D eigenvalue weighted by Gasteiger charge is -2.21. The molecule has 0 spiro atoms. The highest BCUT2D eigenvalue weighted by Crippen LogP contribution is 2.30. The van der Waals surface area contributed by atoms with Gasteiger partial charge in [-0.15, -0.1) is 0 Å². The van der Waals surface area contributed by atoms with E-state index in [4.69, 9.17) is 4.74 Å². The third kappa shape index (κ3) is 4.50. The number of anilines is 1. The highest BCUT2D eigenvalue weighted by atomic mass is 16.5. The van der Waals surface area contributed by atoms with Crippen molar-refractivity contribution in [3.8, 4) is 5.75 Å². The Morgan fingerprint density at radius 1 is 1.24 bits per heavy atom. The molecule has 25 heavy (non-hydrogen) atoms. The Balaban J connectivity index is 1.64. The topological polar surface area (TPSA) is 54.5 Å². The van der Waals surface area contributed by atoms with Crippen molar-refractivity contribution in [3.05, 3.63) is 53.9 Å². The SMILES string of the molecule is Cc1c(NC(=O)N(C)Cc2ccncc2)cccc1OC1CCCC1. The van der Waals surface area contributed by atoms with E-state index in [2.05, 4.69) is 10.3 Å². The van der Waals surface area contributed by atoms with E-state index in [0.717, 1.165) is 35.4 Å². The Bertz CT molecular complexity index is 712. The maximum Gasteiger partial charge on any atom is 0.321 e. The van der Waals surface area contributed by atoms with Gasteiger partial charge in [0.15, 0.2) is 0 Å². The van der Waals surface area contributed by atoms with Crippen molar-refractivity contribution >= 4 is 11.7 Å². The van der Waals surface area contributed by atoms with Crippen LogP contribution in [0.4, 0.5) is 10.5 Å². The number of amides is 2. The third-order valence-corrected chi connectivity index (χ3v) is 4.64. The first-order chi connectivity index (χ1) is 12.1. The first-order valence-electron chi connectivity index (χ1n) is 8.81. The number of urea groups is 1. The van der Waals surface area contributed by atoms with Gasteiger partial charge in [-0.2, -0.15) is 0 Å². The Labute approximate surface area is 149 Å². The number of pyridine rings is 1. The highest BCUT2D eigenvalue weighted by molar-refractivity contribution is 5.90. The molecule has 1 aliphatic carbocycles. The lowest BCUT2D eigenvalue weighted by atomic mass is 10.1. The van der Waals surface area contributed by atoms with Crippen LogP contribution >= 0.6 is 0 Å². The number of aromatic nitrogens is 1. The molecule has 1 N–H and O–H groups in total. The summed E-state index contributed by atoms with van der Waals surface area (Å²) in [4.78, 5) is 18.1. The first-order valence-corrected chi connectivity index (χ1v) is 8.81. The average molecular weight is 339 g/mol. The van der Waals surface area contributed by atoms with Gasteiger partial charge in [0.1, 0.15) is 5.75 Å². The Morgan fingerprint density at radius 2 is 1.96 bits per heavy atom. The van der Waals surface area contributed by atoms with Gasteiger partial charge in [0.05, 0.1) is 6.10 Å². The van der Waals surface area contributed by atoms with Gasteiger partial charge in [0.2, 0.25) is 0 Å². The fraction of sp³-hybridized carbons (Fsp3) is 0.400. The molecule has 1 aromatic heterocycles. The molecular formula is C20H25N3O2. The predicted molar refractivity (Wildman–Crippen MR) is 98.8 cm³/mol. The number of carbonyl (C=O) groups is 1. The maximum atomic E-state index is 12.5. The Morgan fingerprint density at radius 3 is 2.68 bits per heavy atom. The van der Waals surface area contributed by atoms with Crippen LogP contribution in [0.15, 0.2) is 42.7 Å². The molecule has 1 aliphatic rings. The molecule has 0 atom stereocenters. The number of nitrogens with zero attached hydrogens (tertiary/aromatic N) is 2. The molecule has 0 aliphatic heterocycles. The molecule has 132 valence electrons. The standard InChI is InChI=1S/C20H25N3O2/c1-15-18(8-5-9-19(15)25-17-6-3-4-7-17)22-20(24)23(2)14-16-10-12-21-13-11-16/h5,8-13,17H,3-4,6-7,14H2,1-2H3,(H,22,24). The Kier molecular flexibility index (Phi) is 5.53. The van der Waals surface area contributed by atoms with E-state index in [0.29, 0.717) is 12.6 Å². The summed E-state index contributed by atoms with van der Waals surface area (Å²) in [5, 5.41) is 2.99. The molecule has 0 saturated heterocycles. The molecule has 1 aromatic carbocycles. The van der Waals surface area contributed by atoms with E-state index in [1.165, 1.54) is 12.8 Å². The summed E-state index contributed by atoms with van der Waals surface area (Å²) >= 11 is 0. The van der Waals surface area contributed by atoms with Crippen molar-refractivity contribution in [1.29, 1.82) is 0 Å². The second kappa shape index (κ2) is 8.01. The molecular weight excluding hydrogens is 314 g/mol. The van der Waals surface area contributed by atoms with Gasteiger partial charge in [0, 0.05) is 37.2 Å². The molecule has 0 bridgehead atoms. The van der Waals surface area contributed by atoms with E-state index >= 15 is 0 Å². The molecule has 0 radical (unpaired) electrons. The van der Waals surface area contributed by atoms with E-state index in [1.54, 1.807) is 24.3 Å². The summed E-state index contributed by atoms with van der Waals surface area (Å²) in [6, 6.07) is 9.49. The van der Waals surface area contributed by atoms with Crippen LogP contribution in [0.3, 0.4) is 0 Å². The largest absolute Gasteiger partial charge is 0.490 e. The van der Waals surface area contributed by atoms with Gasteiger partial charge >= 0.3 is 6.03 Å². The Hall–Kier alpha value is -2.56. The van der Waals surface area contributed by atoms with Crippen LogP contribution in [0.5, 0.6) is 5.75 Å². The van der Waals surface area contributed by atoms with Gasteiger partial charge in [0.25, 0.3) is 0 Å². The number of benzene rings is 1. The van der Waals surface area contributed by atoms with E-state index in [9.17, 15) is 4.79 Å². The average Bonchev–Trinajstić information content (AvgIpc) is 3.12. The molecule has 3 rings (SSSR count). The first kappa shape index (κ1) is 17.3. The van der Waals surface area contributed by atoms with Gasteiger partial charge < -0.3 is 15.0 Å². The lowest BCUT2D eigenvalue weighted by molar-refractivity contribution is 0.208.